The van der Waals surface area contributed by atoms with Gasteiger partial charge in [-0.05, 0) is 52.1 Å². The normalized spacial score (nSPS) is 11.7. The number of fused-ring (bicyclic) bond motifs is 1. The molecule has 0 bridgehead atoms. The summed E-state index contributed by atoms with van der Waals surface area (Å²) in [4.78, 5) is 0. The number of alkyl halides is 2. The van der Waals surface area contributed by atoms with Gasteiger partial charge in [0, 0.05) is 23.3 Å². The molecule has 5 aromatic carbocycles. The Hall–Kier alpha value is -4.33. The maximum Gasteiger partial charge on any atom is 0.426 e. The van der Waals surface area contributed by atoms with Crippen molar-refractivity contribution in [3.8, 4) is 28.0 Å². The first-order valence-corrected chi connectivity index (χ1v) is 12.4. The molecular weight excluding hydrogens is 533 g/mol. The van der Waals surface area contributed by atoms with Crippen LogP contribution >= 0.6 is 0 Å². The molecule has 0 N–H and O–H groups in total. The van der Waals surface area contributed by atoms with Crippen LogP contribution in [0.3, 0.4) is 0 Å². The average molecular weight is 555 g/mol. The fourth-order valence-corrected chi connectivity index (χ4v) is 4.54. The summed E-state index contributed by atoms with van der Waals surface area (Å²) in [5, 5.41) is 1.87. The quantitative estimate of drug-likeness (QED) is 0.144. The van der Waals surface area contributed by atoms with Gasteiger partial charge in [0.2, 0.25) is 0 Å². The zero-order chi connectivity index (χ0) is 28.6. The van der Waals surface area contributed by atoms with E-state index in [1.165, 1.54) is 17.7 Å². The summed E-state index contributed by atoms with van der Waals surface area (Å²) in [5.41, 5.74) is 0.971. The second kappa shape index (κ2) is 10.7. The van der Waals surface area contributed by atoms with Crippen LogP contribution in [0, 0.1) is 29.1 Å². The van der Waals surface area contributed by atoms with Crippen molar-refractivity contribution >= 4 is 10.8 Å². The van der Waals surface area contributed by atoms with Crippen LogP contribution in [0.25, 0.3) is 33.0 Å². The van der Waals surface area contributed by atoms with E-state index in [9.17, 15) is 22.0 Å². The van der Waals surface area contributed by atoms with Crippen LogP contribution in [0.5, 0.6) is 5.75 Å². The van der Waals surface area contributed by atoms with E-state index < -0.39 is 46.5 Å². The van der Waals surface area contributed by atoms with E-state index in [-0.39, 0.29) is 16.7 Å². The van der Waals surface area contributed by atoms with E-state index in [1.807, 2.05) is 18.2 Å². The van der Waals surface area contributed by atoms with Gasteiger partial charge in [-0.3, -0.25) is 0 Å². The number of rotatable bonds is 7. The van der Waals surface area contributed by atoms with E-state index in [0.717, 1.165) is 47.9 Å². The molecule has 8 heteroatoms. The second-order valence-electron chi connectivity index (χ2n) is 9.33. The minimum absolute atomic E-state index is 0.0519. The molecule has 1 nitrogen and oxygen atoms in total. The topological polar surface area (TPSA) is 9.23 Å². The Kier molecular flexibility index (Phi) is 7.27. The number of halogens is 7. The molecule has 0 heterocycles. The number of hydrogen-bond acceptors (Lipinski definition) is 1. The molecule has 204 valence electrons. The molecule has 5 aromatic rings. The Labute approximate surface area is 225 Å². The summed E-state index contributed by atoms with van der Waals surface area (Å²) >= 11 is 0. The number of benzene rings is 5. The van der Waals surface area contributed by atoms with Gasteiger partial charge in [-0.25, -0.2) is 22.0 Å². The van der Waals surface area contributed by atoms with Crippen LogP contribution in [-0.4, -0.2) is 0 Å². The lowest BCUT2D eigenvalue weighted by atomic mass is 9.96. The third kappa shape index (κ3) is 5.26. The van der Waals surface area contributed by atoms with Gasteiger partial charge >= 0.3 is 6.11 Å². The molecule has 0 atom stereocenters. The molecule has 5 rings (SSSR count). The molecule has 0 aliphatic heterocycles. The van der Waals surface area contributed by atoms with Crippen molar-refractivity contribution in [3.63, 3.8) is 0 Å². The van der Waals surface area contributed by atoms with Crippen molar-refractivity contribution < 1.29 is 35.5 Å². The zero-order valence-electron chi connectivity index (χ0n) is 21.1. The van der Waals surface area contributed by atoms with Crippen LogP contribution in [0.1, 0.15) is 24.5 Å². The number of hydrogen-bond donors (Lipinski definition) is 0. The van der Waals surface area contributed by atoms with Gasteiger partial charge in [0.1, 0.15) is 5.75 Å². The smallest absolute Gasteiger partial charge is 0.426 e. The third-order valence-electron chi connectivity index (χ3n) is 6.57. The molecule has 40 heavy (non-hydrogen) atoms. The Bertz CT molecular complexity index is 1690. The Morgan fingerprint density at radius 1 is 0.600 bits per heavy atom. The highest BCUT2D eigenvalue weighted by Crippen LogP contribution is 2.36. The van der Waals surface area contributed by atoms with Crippen molar-refractivity contribution in [2.24, 2.45) is 0 Å². The van der Waals surface area contributed by atoms with Crippen molar-refractivity contribution in [2.45, 2.75) is 25.9 Å². The fraction of sp³-hybridized carbons (Fsp3) is 0.125. The van der Waals surface area contributed by atoms with Crippen molar-refractivity contribution in [1.29, 1.82) is 0 Å². The third-order valence-corrected chi connectivity index (χ3v) is 6.57. The Balaban J connectivity index is 1.40. The van der Waals surface area contributed by atoms with Gasteiger partial charge < -0.3 is 4.74 Å². The average Bonchev–Trinajstić information content (AvgIpc) is 2.93. The van der Waals surface area contributed by atoms with E-state index in [2.05, 4.69) is 17.7 Å². The molecule has 0 unspecified atom stereocenters. The van der Waals surface area contributed by atoms with E-state index in [4.69, 9.17) is 0 Å². The summed E-state index contributed by atoms with van der Waals surface area (Å²) in [6.45, 7) is 2.09. The van der Waals surface area contributed by atoms with Gasteiger partial charge in [-0.1, -0.05) is 67.9 Å². The second-order valence-corrected chi connectivity index (χ2v) is 9.33. The predicted molar refractivity (Wildman–Crippen MR) is 140 cm³/mol. The first-order chi connectivity index (χ1) is 19.1. The molecule has 0 radical (unpaired) electrons. The van der Waals surface area contributed by atoms with E-state index >= 15 is 8.78 Å². The minimum atomic E-state index is -4.06. The fourth-order valence-electron chi connectivity index (χ4n) is 4.54. The summed E-state index contributed by atoms with van der Waals surface area (Å²) in [6, 6.07) is 18.8. The van der Waals surface area contributed by atoms with Gasteiger partial charge in [0.25, 0.3) is 0 Å². The van der Waals surface area contributed by atoms with E-state index in [0.29, 0.717) is 17.7 Å². The molecule has 0 saturated carbocycles. The highest BCUT2D eigenvalue weighted by Gasteiger charge is 2.35. The van der Waals surface area contributed by atoms with Gasteiger partial charge in [-0.15, -0.1) is 0 Å². The van der Waals surface area contributed by atoms with Crippen LogP contribution < -0.4 is 4.74 Å². The van der Waals surface area contributed by atoms with Gasteiger partial charge in [-0.2, -0.15) is 8.78 Å². The predicted octanol–water partition coefficient (Wildman–Crippen LogP) is 9.95. The van der Waals surface area contributed by atoms with Gasteiger partial charge in [0.15, 0.2) is 29.1 Å². The molecule has 0 aliphatic rings. The molecule has 0 amide bonds. The highest BCUT2D eigenvalue weighted by atomic mass is 19.3. The van der Waals surface area contributed by atoms with Crippen LogP contribution in [-0.2, 0) is 12.5 Å². The summed E-state index contributed by atoms with van der Waals surface area (Å²) < 4.78 is 104. The lowest BCUT2D eigenvalue weighted by Gasteiger charge is -2.19. The summed E-state index contributed by atoms with van der Waals surface area (Å²) in [6.07, 6.45) is -2.10. The highest BCUT2D eigenvalue weighted by molar-refractivity contribution is 5.88. The van der Waals surface area contributed by atoms with Gasteiger partial charge in [0.05, 0.1) is 5.56 Å². The Morgan fingerprint density at radius 2 is 1.15 bits per heavy atom. The molecule has 0 aliphatic carbocycles. The van der Waals surface area contributed by atoms with Crippen molar-refractivity contribution in [1.82, 2.24) is 0 Å². The molecule has 0 fully saturated rings. The number of ether oxygens (including phenoxy) is 1. The largest absolute Gasteiger partial charge is 0.429 e. The van der Waals surface area contributed by atoms with Crippen molar-refractivity contribution in [2.75, 3.05) is 0 Å². The summed E-state index contributed by atoms with van der Waals surface area (Å²) in [7, 11) is 0. The lowest BCUT2D eigenvalue weighted by molar-refractivity contribution is -0.185. The Morgan fingerprint density at radius 3 is 1.77 bits per heavy atom. The molecule has 0 aromatic heterocycles. The van der Waals surface area contributed by atoms with E-state index in [1.54, 1.807) is 12.1 Å². The molecule has 0 saturated heterocycles. The minimum Gasteiger partial charge on any atom is -0.429 e. The standard InChI is InChI=1S/C32H21F7O/c1-2-3-18-4-5-21-15-22(7-6-20(21)14-18)26-13-12-25(29(35)30(26)36)19-8-10-23(11-9-19)32(38,39)40-24-16-27(33)31(37)28(34)17-24/h4-17H,2-3H2,1H3. The van der Waals surface area contributed by atoms with Crippen molar-refractivity contribution in [3.05, 3.63) is 125 Å². The molecular formula is C32H21F7O. The lowest BCUT2D eigenvalue weighted by Crippen LogP contribution is -2.22. The van der Waals surface area contributed by atoms with Crippen LogP contribution in [0.2, 0.25) is 0 Å². The number of aryl methyl sites for hydroxylation is 1. The van der Waals surface area contributed by atoms with Crippen LogP contribution in [0.4, 0.5) is 30.7 Å². The first kappa shape index (κ1) is 27.2. The summed E-state index contributed by atoms with van der Waals surface area (Å²) in [5.74, 6) is -8.36. The monoisotopic (exact) mass is 554 g/mol. The van der Waals surface area contributed by atoms with Crippen LogP contribution in [0.15, 0.2) is 84.9 Å². The SMILES string of the molecule is CCCc1ccc2cc(-c3ccc(-c4ccc(C(F)(F)Oc5cc(F)c(F)c(F)c5)cc4)c(F)c3F)ccc2c1. The maximum atomic E-state index is 15.2. The molecule has 0 spiro atoms. The zero-order valence-corrected chi connectivity index (χ0v) is 21.1. The first-order valence-electron chi connectivity index (χ1n) is 12.4. The maximum absolute atomic E-state index is 15.2.